The van der Waals surface area contributed by atoms with E-state index in [2.05, 4.69) is 39.8 Å². The van der Waals surface area contributed by atoms with Gasteiger partial charge >= 0.3 is 0 Å². The topological polar surface area (TPSA) is 17.1 Å². The molecule has 0 N–H and O–H groups in total. The average Bonchev–Trinajstić information content (AvgIpc) is 2.22. The van der Waals surface area contributed by atoms with Crippen molar-refractivity contribution < 1.29 is 4.79 Å². The molecule has 96 valence electrons. The van der Waals surface area contributed by atoms with E-state index in [9.17, 15) is 4.79 Å². The Hall–Kier alpha value is -0.850. The lowest BCUT2D eigenvalue weighted by atomic mass is 9.66. The lowest BCUT2D eigenvalue weighted by molar-refractivity contribution is -0.128. The van der Waals surface area contributed by atoms with Crippen LogP contribution in [0.25, 0.3) is 0 Å². The summed E-state index contributed by atoms with van der Waals surface area (Å²) in [6.45, 7) is 10.3. The van der Waals surface area contributed by atoms with E-state index in [1.165, 1.54) is 11.1 Å². The average molecular weight is 234 g/mol. The summed E-state index contributed by atoms with van der Waals surface area (Å²) in [4.78, 5) is 11.8. The van der Waals surface area contributed by atoms with Gasteiger partial charge in [0.2, 0.25) is 0 Å². The molecule has 0 aromatic heterocycles. The summed E-state index contributed by atoms with van der Waals surface area (Å²) < 4.78 is 0. The van der Waals surface area contributed by atoms with Gasteiger partial charge in [-0.1, -0.05) is 37.1 Å². The Balaban J connectivity index is 2.66. The van der Waals surface area contributed by atoms with Crippen LogP contribution >= 0.6 is 0 Å². The third-order valence-corrected chi connectivity index (χ3v) is 4.26. The highest BCUT2D eigenvalue weighted by atomic mass is 16.1. The fourth-order valence-electron chi connectivity index (χ4n) is 2.53. The molecule has 0 heterocycles. The van der Waals surface area contributed by atoms with Gasteiger partial charge in [0.25, 0.3) is 0 Å². The Morgan fingerprint density at radius 3 is 2.65 bits per heavy atom. The predicted molar refractivity (Wildman–Crippen MR) is 73.9 cm³/mol. The fraction of sp³-hybridized carbons (Fsp3) is 0.688. The molecule has 1 aliphatic carbocycles. The molecule has 2 atom stereocenters. The predicted octanol–water partition coefficient (Wildman–Crippen LogP) is 4.68. The SMILES string of the molecule is CC(=O)[C@@]1(C)CC(CCC=C(C)C)=CC[C@@H]1C. The van der Waals surface area contributed by atoms with Crippen molar-refractivity contribution in [2.24, 2.45) is 11.3 Å². The number of rotatable bonds is 4. The maximum absolute atomic E-state index is 11.8. The molecule has 0 aromatic rings. The van der Waals surface area contributed by atoms with E-state index in [-0.39, 0.29) is 5.41 Å². The largest absolute Gasteiger partial charge is 0.299 e. The van der Waals surface area contributed by atoms with E-state index >= 15 is 0 Å². The molecule has 1 rings (SSSR count). The number of allylic oxidation sites excluding steroid dienone is 4. The molecule has 0 bridgehead atoms. The highest BCUT2D eigenvalue weighted by Crippen LogP contribution is 2.42. The Morgan fingerprint density at radius 2 is 2.12 bits per heavy atom. The van der Waals surface area contributed by atoms with Crippen LogP contribution in [0, 0.1) is 11.3 Å². The van der Waals surface area contributed by atoms with E-state index in [4.69, 9.17) is 0 Å². The molecule has 0 aromatic carbocycles. The van der Waals surface area contributed by atoms with Crippen LogP contribution in [0.2, 0.25) is 0 Å². The maximum Gasteiger partial charge on any atom is 0.136 e. The van der Waals surface area contributed by atoms with Crippen LogP contribution in [-0.4, -0.2) is 5.78 Å². The Bertz CT molecular complexity index is 345. The first kappa shape index (κ1) is 14.2. The third kappa shape index (κ3) is 3.55. The van der Waals surface area contributed by atoms with Crippen LogP contribution in [0.1, 0.15) is 60.3 Å². The van der Waals surface area contributed by atoms with Gasteiger partial charge in [0.1, 0.15) is 5.78 Å². The summed E-state index contributed by atoms with van der Waals surface area (Å²) in [6, 6.07) is 0. The summed E-state index contributed by atoms with van der Waals surface area (Å²) in [7, 11) is 0. The number of hydrogen-bond donors (Lipinski definition) is 0. The summed E-state index contributed by atoms with van der Waals surface area (Å²) >= 11 is 0. The minimum Gasteiger partial charge on any atom is -0.299 e. The monoisotopic (exact) mass is 234 g/mol. The van der Waals surface area contributed by atoms with Crippen LogP contribution < -0.4 is 0 Å². The lowest BCUT2D eigenvalue weighted by Crippen LogP contribution is -2.35. The minimum atomic E-state index is -0.130. The first-order valence-corrected chi connectivity index (χ1v) is 6.68. The zero-order valence-corrected chi connectivity index (χ0v) is 12.0. The Labute approximate surface area is 106 Å². The quantitative estimate of drug-likeness (QED) is 0.645. The van der Waals surface area contributed by atoms with Crippen molar-refractivity contribution in [3.63, 3.8) is 0 Å². The smallest absolute Gasteiger partial charge is 0.136 e. The van der Waals surface area contributed by atoms with Crippen molar-refractivity contribution in [1.82, 2.24) is 0 Å². The summed E-state index contributed by atoms with van der Waals surface area (Å²) in [6.07, 6.45) is 8.87. The summed E-state index contributed by atoms with van der Waals surface area (Å²) in [5.41, 5.74) is 2.72. The molecule has 0 spiro atoms. The van der Waals surface area contributed by atoms with Gasteiger partial charge in [-0.3, -0.25) is 4.79 Å². The number of carbonyl (C=O) groups excluding carboxylic acids is 1. The van der Waals surface area contributed by atoms with Gasteiger partial charge in [-0.15, -0.1) is 0 Å². The van der Waals surface area contributed by atoms with Gasteiger partial charge in [-0.05, 0) is 52.4 Å². The maximum atomic E-state index is 11.8. The lowest BCUT2D eigenvalue weighted by Gasteiger charge is -2.37. The van der Waals surface area contributed by atoms with Crippen molar-refractivity contribution in [2.45, 2.75) is 60.3 Å². The van der Waals surface area contributed by atoms with Crippen molar-refractivity contribution in [3.05, 3.63) is 23.3 Å². The molecule has 0 unspecified atom stereocenters. The van der Waals surface area contributed by atoms with E-state index in [0.717, 1.165) is 25.7 Å². The highest BCUT2D eigenvalue weighted by molar-refractivity contribution is 5.82. The zero-order chi connectivity index (χ0) is 13.1. The van der Waals surface area contributed by atoms with Gasteiger partial charge in [0.05, 0.1) is 0 Å². The molecule has 0 amide bonds. The summed E-state index contributed by atoms with van der Waals surface area (Å²) in [5.74, 6) is 0.824. The second-order valence-electron chi connectivity index (χ2n) is 5.97. The number of carbonyl (C=O) groups is 1. The Kier molecular flexibility index (Phi) is 4.73. The standard InChI is InChI=1S/C16H26O/c1-12(2)7-6-8-15-10-9-13(3)16(5,11-15)14(4)17/h7,10,13H,6,8-9,11H2,1-5H3/t13-,16-/m0/s1. The van der Waals surface area contributed by atoms with Crippen LogP contribution in [0.3, 0.4) is 0 Å². The van der Waals surface area contributed by atoms with Gasteiger partial charge < -0.3 is 0 Å². The normalized spacial score (nSPS) is 28.5. The molecule has 0 radical (unpaired) electrons. The molecule has 17 heavy (non-hydrogen) atoms. The first-order chi connectivity index (χ1) is 7.86. The van der Waals surface area contributed by atoms with Crippen molar-refractivity contribution in [1.29, 1.82) is 0 Å². The Morgan fingerprint density at radius 1 is 1.47 bits per heavy atom. The van der Waals surface area contributed by atoms with Gasteiger partial charge in [0, 0.05) is 5.41 Å². The summed E-state index contributed by atoms with van der Waals surface area (Å²) in [5, 5.41) is 0. The van der Waals surface area contributed by atoms with Crippen LogP contribution in [-0.2, 0) is 4.79 Å². The molecular formula is C16H26O. The van der Waals surface area contributed by atoms with Crippen LogP contribution in [0.4, 0.5) is 0 Å². The number of ketones is 1. The molecule has 1 nitrogen and oxygen atoms in total. The van der Waals surface area contributed by atoms with Gasteiger partial charge in [-0.25, -0.2) is 0 Å². The molecule has 1 heteroatoms. The molecule has 0 saturated heterocycles. The molecule has 1 aliphatic rings. The molecule has 0 saturated carbocycles. The first-order valence-electron chi connectivity index (χ1n) is 6.68. The van der Waals surface area contributed by atoms with Crippen molar-refractivity contribution in [2.75, 3.05) is 0 Å². The minimum absolute atomic E-state index is 0.130. The van der Waals surface area contributed by atoms with Crippen molar-refractivity contribution in [3.8, 4) is 0 Å². The second kappa shape index (κ2) is 5.66. The zero-order valence-electron chi connectivity index (χ0n) is 12.0. The second-order valence-corrected chi connectivity index (χ2v) is 5.97. The van der Waals surface area contributed by atoms with Crippen LogP contribution in [0.5, 0.6) is 0 Å². The van der Waals surface area contributed by atoms with Gasteiger partial charge in [0.15, 0.2) is 0 Å². The fourth-order valence-corrected chi connectivity index (χ4v) is 2.53. The van der Waals surface area contributed by atoms with E-state index in [1.807, 2.05) is 0 Å². The van der Waals surface area contributed by atoms with Crippen molar-refractivity contribution >= 4 is 5.78 Å². The number of hydrogen-bond acceptors (Lipinski definition) is 1. The van der Waals surface area contributed by atoms with Gasteiger partial charge in [-0.2, -0.15) is 0 Å². The molecule has 0 aliphatic heterocycles. The highest BCUT2D eigenvalue weighted by Gasteiger charge is 2.38. The van der Waals surface area contributed by atoms with E-state index < -0.39 is 0 Å². The number of Topliss-reactive ketones (excluding diaryl/α,β-unsaturated/α-hetero) is 1. The molecule has 0 fully saturated rings. The van der Waals surface area contributed by atoms with E-state index in [1.54, 1.807) is 6.92 Å². The van der Waals surface area contributed by atoms with E-state index in [0.29, 0.717) is 11.7 Å². The molecular weight excluding hydrogens is 208 g/mol. The van der Waals surface area contributed by atoms with Crippen LogP contribution in [0.15, 0.2) is 23.3 Å². The third-order valence-electron chi connectivity index (χ3n) is 4.26.